The van der Waals surface area contributed by atoms with E-state index in [4.69, 9.17) is 9.47 Å². The SMILES string of the molecule is COc1cc(C2C(C(=O)Nc3ccccc3)=C(C)Nc3ncnn32)cc(Br)c1OCc1ccccc1C. The van der Waals surface area contributed by atoms with E-state index < -0.39 is 6.04 Å². The molecule has 1 unspecified atom stereocenters. The number of ether oxygens (including phenoxy) is 2. The molecular weight excluding hydrogens is 534 g/mol. The Bertz CT molecular complexity index is 1480. The highest BCUT2D eigenvalue weighted by Gasteiger charge is 2.34. The fraction of sp³-hybridized carbons (Fsp3) is 0.179. The summed E-state index contributed by atoms with van der Waals surface area (Å²) in [5, 5.41) is 10.6. The van der Waals surface area contributed by atoms with Crippen LogP contribution >= 0.6 is 15.9 Å². The Balaban J connectivity index is 1.52. The number of nitrogens with one attached hydrogen (secondary N) is 2. The third-order valence-corrected chi connectivity index (χ3v) is 6.86. The molecule has 0 saturated carbocycles. The number of para-hydroxylation sites is 1. The van der Waals surface area contributed by atoms with Crippen LogP contribution in [0.2, 0.25) is 0 Å². The second-order valence-electron chi connectivity index (χ2n) is 8.66. The number of carbonyl (C=O) groups excluding carboxylic acids is 1. The van der Waals surface area contributed by atoms with Crippen LogP contribution in [0.3, 0.4) is 0 Å². The second kappa shape index (κ2) is 10.5. The predicted molar refractivity (Wildman–Crippen MR) is 146 cm³/mol. The van der Waals surface area contributed by atoms with Crippen molar-refractivity contribution in [2.45, 2.75) is 26.5 Å². The number of nitrogens with zero attached hydrogens (tertiary/aromatic N) is 3. The van der Waals surface area contributed by atoms with E-state index in [0.717, 1.165) is 16.7 Å². The monoisotopic (exact) mass is 559 g/mol. The topological polar surface area (TPSA) is 90.3 Å². The molecule has 0 aliphatic carbocycles. The van der Waals surface area contributed by atoms with Gasteiger partial charge in [-0.25, -0.2) is 4.68 Å². The van der Waals surface area contributed by atoms with Gasteiger partial charge < -0.3 is 20.1 Å². The van der Waals surface area contributed by atoms with Gasteiger partial charge in [0.15, 0.2) is 11.5 Å². The Morgan fingerprint density at radius 3 is 2.62 bits per heavy atom. The summed E-state index contributed by atoms with van der Waals surface area (Å²) >= 11 is 3.67. The number of hydrogen-bond acceptors (Lipinski definition) is 6. The smallest absolute Gasteiger partial charge is 0.255 e. The molecule has 0 radical (unpaired) electrons. The summed E-state index contributed by atoms with van der Waals surface area (Å²) in [7, 11) is 1.60. The van der Waals surface area contributed by atoms with Crippen molar-refractivity contribution in [3.8, 4) is 11.5 Å². The zero-order valence-electron chi connectivity index (χ0n) is 20.7. The maximum Gasteiger partial charge on any atom is 0.255 e. The minimum absolute atomic E-state index is 0.239. The number of methoxy groups -OCH3 is 1. The molecule has 188 valence electrons. The normalized spacial score (nSPS) is 14.5. The minimum Gasteiger partial charge on any atom is -0.493 e. The molecule has 3 aromatic carbocycles. The predicted octanol–water partition coefficient (Wildman–Crippen LogP) is 5.86. The number of aryl methyl sites for hydroxylation is 1. The summed E-state index contributed by atoms with van der Waals surface area (Å²) in [6.45, 7) is 4.31. The van der Waals surface area contributed by atoms with Gasteiger partial charge in [0.05, 0.1) is 17.2 Å². The van der Waals surface area contributed by atoms with Crippen LogP contribution in [0.15, 0.2) is 88.8 Å². The van der Waals surface area contributed by atoms with Crippen LogP contribution in [0.5, 0.6) is 11.5 Å². The molecule has 37 heavy (non-hydrogen) atoms. The summed E-state index contributed by atoms with van der Waals surface area (Å²) < 4.78 is 14.3. The van der Waals surface area contributed by atoms with Crippen LogP contribution in [0.4, 0.5) is 11.6 Å². The molecule has 1 amide bonds. The summed E-state index contributed by atoms with van der Waals surface area (Å²) in [5.74, 6) is 1.43. The van der Waals surface area contributed by atoms with Crippen LogP contribution < -0.4 is 20.1 Å². The molecule has 9 heteroatoms. The molecule has 0 saturated heterocycles. The van der Waals surface area contributed by atoms with Crippen molar-refractivity contribution in [3.05, 3.63) is 105 Å². The summed E-state index contributed by atoms with van der Waals surface area (Å²) in [6, 6.07) is 20.7. The highest BCUT2D eigenvalue weighted by molar-refractivity contribution is 9.10. The van der Waals surface area contributed by atoms with E-state index >= 15 is 0 Å². The van der Waals surface area contributed by atoms with Crippen molar-refractivity contribution in [3.63, 3.8) is 0 Å². The van der Waals surface area contributed by atoms with Gasteiger partial charge in [0, 0.05) is 11.4 Å². The van der Waals surface area contributed by atoms with E-state index in [2.05, 4.69) is 49.6 Å². The van der Waals surface area contributed by atoms with Gasteiger partial charge in [-0.1, -0.05) is 42.5 Å². The number of hydrogen-bond donors (Lipinski definition) is 2. The van der Waals surface area contributed by atoms with Gasteiger partial charge >= 0.3 is 0 Å². The molecule has 1 aromatic heterocycles. The maximum absolute atomic E-state index is 13.6. The first-order valence-electron chi connectivity index (χ1n) is 11.7. The zero-order valence-corrected chi connectivity index (χ0v) is 22.2. The maximum atomic E-state index is 13.6. The molecule has 8 nitrogen and oxygen atoms in total. The Morgan fingerprint density at radius 1 is 1.11 bits per heavy atom. The zero-order chi connectivity index (χ0) is 25.9. The highest BCUT2D eigenvalue weighted by Crippen LogP contribution is 2.43. The molecular formula is C28H26BrN5O3. The first kappa shape index (κ1) is 24.6. The van der Waals surface area contributed by atoms with E-state index in [1.54, 1.807) is 11.8 Å². The van der Waals surface area contributed by atoms with Crippen molar-refractivity contribution >= 4 is 33.5 Å². The van der Waals surface area contributed by atoms with E-state index in [1.165, 1.54) is 6.33 Å². The number of aromatic nitrogens is 3. The highest BCUT2D eigenvalue weighted by atomic mass is 79.9. The third kappa shape index (κ3) is 4.95. The first-order valence-corrected chi connectivity index (χ1v) is 12.5. The number of carbonyl (C=O) groups is 1. The molecule has 1 aliphatic heterocycles. The average molecular weight is 560 g/mol. The van der Waals surface area contributed by atoms with E-state index in [-0.39, 0.29) is 5.91 Å². The first-order chi connectivity index (χ1) is 18.0. The van der Waals surface area contributed by atoms with Gasteiger partial charge in [0.1, 0.15) is 19.0 Å². The van der Waals surface area contributed by atoms with Crippen LogP contribution in [-0.4, -0.2) is 27.8 Å². The van der Waals surface area contributed by atoms with Crippen LogP contribution in [0.25, 0.3) is 0 Å². The molecule has 0 bridgehead atoms. The lowest BCUT2D eigenvalue weighted by molar-refractivity contribution is -0.113. The fourth-order valence-electron chi connectivity index (χ4n) is 4.37. The number of anilines is 2. The largest absolute Gasteiger partial charge is 0.493 e. The number of amides is 1. The lowest BCUT2D eigenvalue weighted by Gasteiger charge is -2.29. The Labute approximate surface area is 223 Å². The van der Waals surface area contributed by atoms with Crippen LogP contribution in [0, 0.1) is 6.92 Å². The lowest BCUT2D eigenvalue weighted by Crippen LogP contribution is -2.31. The molecule has 0 fully saturated rings. The molecule has 1 atom stereocenters. The van der Waals surface area contributed by atoms with Gasteiger partial charge in [-0.05, 0) is 70.7 Å². The van der Waals surface area contributed by atoms with E-state index in [1.807, 2.05) is 67.6 Å². The van der Waals surface area contributed by atoms with Crippen molar-refractivity contribution in [1.82, 2.24) is 14.8 Å². The van der Waals surface area contributed by atoms with E-state index in [9.17, 15) is 4.79 Å². The Hall–Kier alpha value is -4.11. The number of fused-ring (bicyclic) bond motifs is 1. The molecule has 5 rings (SSSR count). The molecule has 1 aliphatic rings. The molecule has 0 spiro atoms. The quantitative estimate of drug-likeness (QED) is 0.294. The van der Waals surface area contributed by atoms with Crippen molar-refractivity contribution in [2.75, 3.05) is 17.7 Å². The summed E-state index contributed by atoms with van der Waals surface area (Å²) in [4.78, 5) is 17.9. The number of benzene rings is 3. The van der Waals surface area contributed by atoms with Gasteiger partial charge in [0.2, 0.25) is 5.95 Å². The lowest BCUT2D eigenvalue weighted by atomic mass is 9.94. The van der Waals surface area contributed by atoms with Gasteiger partial charge in [0.25, 0.3) is 5.91 Å². The second-order valence-corrected chi connectivity index (χ2v) is 9.52. The summed E-state index contributed by atoms with van der Waals surface area (Å²) in [5.41, 5.74) is 4.94. The minimum atomic E-state index is -0.543. The van der Waals surface area contributed by atoms with Gasteiger partial charge in [-0.2, -0.15) is 10.1 Å². The molecule has 2 N–H and O–H groups in total. The Morgan fingerprint density at radius 2 is 1.86 bits per heavy atom. The van der Waals surface area contributed by atoms with Gasteiger partial charge in [-0.15, -0.1) is 0 Å². The van der Waals surface area contributed by atoms with E-state index in [0.29, 0.717) is 45.5 Å². The fourth-order valence-corrected chi connectivity index (χ4v) is 4.95. The standard InChI is InChI=1S/C28H26BrN5O3/c1-17-9-7-8-10-19(17)15-37-26-22(29)13-20(14-23(26)36-3)25-24(18(2)32-28-30-16-31-34(25)28)27(35)33-21-11-5-4-6-12-21/h4-14,16,25H,15H2,1-3H3,(H,33,35)(H,30,31,32). The number of allylic oxidation sites excluding steroid dienone is 1. The Kier molecular flexibility index (Phi) is 6.96. The number of halogens is 1. The molecule has 2 heterocycles. The summed E-state index contributed by atoms with van der Waals surface area (Å²) in [6.07, 6.45) is 1.46. The average Bonchev–Trinajstić information content (AvgIpc) is 3.36. The van der Waals surface area contributed by atoms with Gasteiger partial charge in [-0.3, -0.25) is 4.79 Å². The third-order valence-electron chi connectivity index (χ3n) is 6.27. The van der Waals surface area contributed by atoms with Crippen molar-refractivity contribution in [2.24, 2.45) is 0 Å². The number of rotatable bonds is 7. The molecule has 4 aromatic rings. The van der Waals surface area contributed by atoms with Crippen LogP contribution in [0.1, 0.15) is 29.7 Å². The van der Waals surface area contributed by atoms with Crippen molar-refractivity contribution < 1.29 is 14.3 Å². The van der Waals surface area contributed by atoms with Crippen LogP contribution in [-0.2, 0) is 11.4 Å². The van der Waals surface area contributed by atoms with Crippen molar-refractivity contribution in [1.29, 1.82) is 0 Å².